The van der Waals surface area contributed by atoms with Crippen molar-refractivity contribution in [2.75, 3.05) is 7.11 Å². The van der Waals surface area contributed by atoms with Crippen LogP contribution in [0.25, 0.3) is 0 Å². The van der Waals surface area contributed by atoms with Crippen molar-refractivity contribution in [1.29, 1.82) is 0 Å². The maximum atomic E-state index is 12.4. The van der Waals surface area contributed by atoms with Gasteiger partial charge in [0.25, 0.3) is 0 Å². The molecule has 4 heteroatoms. The van der Waals surface area contributed by atoms with Crippen molar-refractivity contribution < 1.29 is 9.63 Å². The van der Waals surface area contributed by atoms with Gasteiger partial charge in [0, 0.05) is 11.1 Å². The van der Waals surface area contributed by atoms with Gasteiger partial charge < -0.3 is 4.84 Å². The van der Waals surface area contributed by atoms with Crippen LogP contribution in [0.4, 0.5) is 0 Å². The van der Waals surface area contributed by atoms with Crippen molar-refractivity contribution >= 4 is 23.3 Å². The first-order chi connectivity index (χ1) is 8.74. The highest BCUT2D eigenvalue weighted by Crippen LogP contribution is 2.19. The van der Waals surface area contributed by atoms with Gasteiger partial charge in [0.05, 0.1) is 11.1 Å². The first kappa shape index (κ1) is 12.5. The Morgan fingerprint density at radius 3 is 2.83 bits per heavy atom. The molecule has 1 aromatic heterocycles. The summed E-state index contributed by atoms with van der Waals surface area (Å²) in [5.41, 5.74) is 2.45. The minimum absolute atomic E-state index is 0.0197. The molecule has 0 spiro atoms. The highest BCUT2D eigenvalue weighted by Gasteiger charge is 2.14. The number of oxime groups is 1. The maximum absolute atomic E-state index is 12.4. The average Bonchev–Trinajstić information content (AvgIpc) is 2.90. The molecule has 92 valence electrons. The molecule has 0 bridgehead atoms. The predicted molar refractivity (Wildman–Crippen MR) is 73.5 cm³/mol. The Bertz CT molecular complexity index is 573. The number of carbonyl (C=O) groups is 1. The lowest BCUT2D eigenvalue weighted by atomic mass is 9.99. The van der Waals surface area contributed by atoms with Crippen molar-refractivity contribution in [3.8, 4) is 0 Å². The number of ketones is 1. The summed E-state index contributed by atoms with van der Waals surface area (Å²) >= 11 is 1.44. The second kappa shape index (κ2) is 5.60. The van der Waals surface area contributed by atoms with Gasteiger partial charge >= 0.3 is 0 Å². The van der Waals surface area contributed by atoms with Crippen LogP contribution in [0.2, 0.25) is 0 Å². The highest BCUT2D eigenvalue weighted by molar-refractivity contribution is 7.12. The zero-order chi connectivity index (χ0) is 13.0. The quantitative estimate of drug-likeness (QED) is 0.480. The van der Waals surface area contributed by atoms with E-state index in [9.17, 15) is 4.79 Å². The Morgan fingerprint density at radius 2 is 2.17 bits per heavy atom. The molecule has 0 aliphatic carbocycles. The van der Waals surface area contributed by atoms with E-state index >= 15 is 0 Å². The van der Waals surface area contributed by atoms with Gasteiger partial charge in [0.15, 0.2) is 0 Å². The van der Waals surface area contributed by atoms with Gasteiger partial charge in [0.2, 0.25) is 5.78 Å². The molecule has 0 unspecified atom stereocenters. The molecule has 1 aromatic carbocycles. The van der Waals surface area contributed by atoms with Crippen molar-refractivity contribution in [3.63, 3.8) is 0 Å². The van der Waals surface area contributed by atoms with Crippen LogP contribution in [0, 0.1) is 6.92 Å². The summed E-state index contributed by atoms with van der Waals surface area (Å²) in [5, 5.41) is 5.65. The molecule has 0 aliphatic heterocycles. The molecule has 0 atom stereocenters. The second-order valence-electron chi connectivity index (χ2n) is 3.76. The van der Waals surface area contributed by atoms with Gasteiger partial charge in [-0.3, -0.25) is 4.79 Å². The minimum Gasteiger partial charge on any atom is -0.399 e. The van der Waals surface area contributed by atoms with E-state index in [1.165, 1.54) is 18.4 Å². The predicted octanol–water partition coefficient (Wildman–Crippen LogP) is 3.27. The molecule has 0 saturated carbocycles. The van der Waals surface area contributed by atoms with Crippen molar-refractivity contribution in [1.82, 2.24) is 0 Å². The van der Waals surface area contributed by atoms with Crippen LogP contribution in [0.5, 0.6) is 0 Å². The fourth-order valence-electron chi connectivity index (χ4n) is 1.70. The molecule has 0 N–H and O–H groups in total. The third kappa shape index (κ3) is 2.49. The molecule has 0 aliphatic rings. The van der Waals surface area contributed by atoms with Gasteiger partial charge in [-0.25, -0.2) is 0 Å². The summed E-state index contributed by atoms with van der Waals surface area (Å²) in [4.78, 5) is 17.8. The third-order valence-corrected chi connectivity index (χ3v) is 3.47. The lowest BCUT2D eigenvalue weighted by Crippen LogP contribution is -2.05. The lowest BCUT2D eigenvalue weighted by Gasteiger charge is -2.06. The summed E-state index contributed by atoms with van der Waals surface area (Å²) in [7, 11) is 1.48. The SMILES string of the molecule is CO/N=C/c1c(C)cccc1C(=O)c1cccs1. The van der Waals surface area contributed by atoms with E-state index in [1.54, 1.807) is 6.21 Å². The summed E-state index contributed by atoms with van der Waals surface area (Å²) in [5.74, 6) is 0.0197. The molecule has 2 rings (SSSR count). The Labute approximate surface area is 110 Å². The molecule has 18 heavy (non-hydrogen) atoms. The van der Waals surface area contributed by atoms with E-state index < -0.39 is 0 Å². The number of aryl methyl sites for hydroxylation is 1. The number of rotatable bonds is 4. The lowest BCUT2D eigenvalue weighted by molar-refractivity contribution is 0.104. The second-order valence-corrected chi connectivity index (χ2v) is 4.71. The molecule has 0 saturated heterocycles. The van der Waals surface area contributed by atoms with Crippen LogP contribution in [0.1, 0.15) is 26.4 Å². The molecular weight excluding hydrogens is 246 g/mol. The van der Waals surface area contributed by atoms with Crippen LogP contribution in [0.3, 0.4) is 0 Å². The van der Waals surface area contributed by atoms with Crippen LogP contribution in [-0.2, 0) is 4.84 Å². The van der Waals surface area contributed by atoms with Crippen molar-refractivity contribution in [2.24, 2.45) is 5.16 Å². The Hall–Kier alpha value is -1.94. The summed E-state index contributed by atoms with van der Waals surface area (Å²) in [6.45, 7) is 1.95. The smallest absolute Gasteiger partial charge is 0.203 e. The minimum atomic E-state index is 0.0197. The monoisotopic (exact) mass is 259 g/mol. The van der Waals surface area contributed by atoms with Crippen LogP contribution < -0.4 is 0 Å². The number of nitrogens with zero attached hydrogens (tertiary/aromatic N) is 1. The highest BCUT2D eigenvalue weighted by atomic mass is 32.1. The molecule has 0 amide bonds. The largest absolute Gasteiger partial charge is 0.399 e. The normalized spacial score (nSPS) is 10.8. The van der Waals surface area contributed by atoms with Crippen molar-refractivity contribution in [3.05, 3.63) is 57.3 Å². The molecule has 2 aromatic rings. The van der Waals surface area contributed by atoms with Crippen LogP contribution in [-0.4, -0.2) is 19.1 Å². The van der Waals surface area contributed by atoms with Crippen LogP contribution in [0.15, 0.2) is 40.9 Å². The van der Waals surface area contributed by atoms with Gasteiger partial charge in [-0.05, 0) is 23.9 Å². The van der Waals surface area contributed by atoms with Crippen LogP contribution >= 0.6 is 11.3 Å². The van der Waals surface area contributed by atoms with Gasteiger partial charge in [0.1, 0.15) is 7.11 Å². The fraction of sp³-hybridized carbons (Fsp3) is 0.143. The zero-order valence-electron chi connectivity index (χ0n) is 10.2. The van der Waals surface area contributed by atoms with Gasteiger partial charge in [-0.2, -0.15) is 0 Å². The average molecular weight is 259 g/mol. The first-order valence-corrected chi connectivity index (χ1v) is 6.36. The van der Waals surface area contributed by atoms with E-state index in [4.69, 9.17) is 0 Å². The Morgan fingerprint density at radius 1 is 1.33 bits per heavy atom. The van der Waals surface area contributed by atoms with E-state index in [0.717, 1.165) is 16.0 Å². The number of hydrogen-bond acceptors (Lipinski definition) is 4. The summed E-state index contributed by atoms with van der Waals surface area (Å²) in [6, 6.07) is 9.33. The Balaban J connectivity index is 2.47. The number of carbonyl (C=O) groups excluding carboxylic acids is 1. The molecule has 0 fully saturated rings. The molecule has 3 nitrogen and oxygen atoms in total. The maximum Gasteiger partial charge on any atom is 0.203 e. The van der Waals surface area contributed by atoms with E-state index in [2.05, 4.69) is 9.99 Å². The third-order valence-electron chi connectivity index (χ3n) is 2.60. The Kier molecular flexibility index (Phi) is 3.89. The summed E-state index contributed by atoms with van der Waals surface area (Å²) in [6.07, 6.45) is 1.58. The summed E-state index contributed by atoms with van der Waals surface area (Å²) < 4.78 is 0. The topological polar surface area (TPSA) is 38.7 Å². The van der Waals surface area contributed by atoms with Crippen molar-refractivity contribution in [2.45, 2.75) is 6.92 Å². The molecular formula is C14H13NO2S. The van der Waals surface area contributed by atoms with E-state index in [0.29, 0.717) is 5.56 Å². The zero-order valence-corrected chi connectivity index (χ0v) is 11.0. The van der Waals surface area contributed by atoms with Gasteiger partial charge in [-0.1, -0.05) is 29.4 Å². The number of thiophene rings is 1. The first-order valence-electron chi connectivity index (χ1n) is 5.48. The van der Waals surface area contributed by atoms with E-state index in [-0.39, 0.29) is 5.78 Å². The molecule has 1 heterocycles. The number of benzene rings is 1. The fourth-order valence-corrected chi connectivity index (χ4v) is 2.37. The number of hydrogen-bond donors (Lipinski definition) is 0. The van der Waals surface area contributed by atoms with E-state index in [1.807, 2.05) is 42.6 Å². The molecule has 0 radical (unpaired) electrons. The van der Waals surface area contributed by atoms with Gasteiger partial charge in [-0.15, -0.1) is 11.3 Å². The standard InChI is InChI=1S/C14H13NO2S/c1-10-5-3-6-11(12(10)9-15-17-2)14(16)13-7-4-8-18-13/h3-9H,1-2H3/b15-9+.